The summed E-state index contributed by atoms with van der Waals surface area (Å²) in [4.78, 5) is 4.25. The van der Waals surface area contributed by atoms with E-state index in [1.807, 2.05) is 31.6 Å². The molecule has 0 saturated carbocycles. The van der Waals surface area contributed by atoms with Gasteiger partial charge >= 0.3 is 0 Å². The van der Waals surface area contributed by atoms with Crippen LogP contribution < -0.4 is 5.32 Å². The Morgan fingerprint density at radius 3 is 2.65 bits per heavy atom. The number of hydrogen-bond acceptors (Lipinski definition) is 2. The van der Waals surface area contributed by atoms with Crippen LogP contribution in [-0.2, 0) is 0 Å². The van der Waals surface area contributed by atoms with Gasteiger partial charge in [0.2, 0.25) is 0 Å². The molecule has 1 N–H and O–H groups in total. The van der Waals surface area contributed by atoms with E-state index in [2.05, 4.69) is 51.4 Å². The SMILES string of the molecule is CNC(c1cncc(C)c1)c1ccccc1Br. The number of hydrogen-bond donors (Lipinski definition) is 1. The summed E-state index contributed by atoms with van der Waals surface area (Å²) < 4.78 is 1.11. The molecule has 0 spiro atoms. The Kier molecular flexibility index (Phi) is 3.92. The summed E-state index contributed by atoms with van der Waals surface area (Å²) in [7, 11) is 1.96. The first kappa shape index (κ1) is 12.3. The smallest absolute Gasteiger partial charge is 0.0600 e. The molecule has 1 aromatic heterocycles. The third kappa shape index (κ3) is 2.73. The van der Waals surface area contributed by atoms with Crippen molar-refractivity contribution >= 4 is 15.9 Å². The van der Waals surface area contributed by atoms with E-state index < -0.39 is 0 Å². The number of nitrogens with one attached hydrogen (secondary N) is 1. The number of benzene rings is 1. The van der Waals surface area contributed by atoms with E-state index in [0.717, 1.165) is 4.47 Å². The van der Waals surface area contributed by atoms with Crippen LogP contribution in [0, 0.1) is 6.92 Å². The minimum absolute atomic E-state index is 0.165. The predicted molar refractivity (Wildman–Crippen MR) is 74.0 cm³/mol. The van der Waals surface area contributed by atoms with E-state index in [0.29, 0.717) is 0 Å². The van der Waals surface area contributed by atoms with Gasteiger partial charge in [0.25, 0.3) is 0 Å². The summed E-state index contributed by atoms with van der Waals surface area (Å²) in [6.45, 7) is 2.06. The molecule has 0 aliphatic rings. The van der Waals surface area contributed by atoms with Crippen LogP contribution in [0.15, 0.2) is 47.2 Å². The molecule has 1 heterocycles. The van der Waals surface area contributed by atoms with Gasteiger partial charge in [-0.25, -0.2) is 0 Å². The first-order valence-electron chi connectivity index (χ1n) is 5.55. The molecule has 0 radical (unpaired) electrons. The zero-order valence-electron chi connectivity index (χ0n) is 9.94. The van der Waals surface area contributed by atoms with Crippen molar-refractivity contribution in [1.82, 2.24) is 10.3 Å². The summed E-state index contributed by atoms with van der Waals surface area (Å²) >= 11 is 3.59. The number of halogens is 1. The lowest BCUT2D eigenvalue weighted by molar-refractivity contribution is 0.685. The van der Waals surface area contributed by atoms with Crippen LogP contribution in [0.25, 0.3) is 0 Å². The van der Waals surface area contributed by atoms with Crippen LogP contribution in [0.5, 0.6) is 0 Å². The van der Waals surface area contributed by atoms with Crippen LogP contribution in [-0.4, -0.2) is 12.0 Å². The highest BCUT2D eigenvalue weighted by Crippen LogP contribution is 2.28. The second kappa shape index (κ2) is 5.43. The Balaban J connectivity index is 2.44. The van der Waals surface area contributed by atoms with E-state index in [-0.39, 0.29) is 6.04 Å². The Morgan fingerprint density at radius 2 is 2.00 bits per heavy atom. The van der Waals surface area contributed by atoms with Gasteiger partial charge in [-0.05, 0) is 36.7 Å². The molecule has 0 fully saturated rings. The Labute approximate surface area is 110 Å². The number of pyridine rings is 1. The molecule has 2 nitrogen and oxygen atoms in total. The molecule has 0 bridgehead atoms. The number of nitrogens with zero attached hydrogens (tertiary/aromatic N) is 1. The summed E-state index contributed by atoms with van der Waals surface area (Å²) in [6.07, 6.45) is 3.78. The molecule has 2 rings (SSSR count). The van der Waals surface area contributed by atoms with Crippen molar-refractivity contribution < 1.29 is 0 Å². The molecule has 2 aromatic rings. The summed E-state index contributed by atoms with van der Waals surface area (Å²) in [5.74, 6) is 0. The Hall–Kier alpha value is -1.19. The zero-order chi connectivity index (χ0) is 12.3. The standard InChI is InChI=1S/C14H15BrN2/c1-10-7-11(9-17-8-10)14(16-2)12-5-3-4-6-13(12)15/h3-9,14,16H,1-2H3. The summed E-state index contributed by atoms with van der Waals surface area (Å²) in [5, 5.41) is 3.33. The number of aryl methyl sites for hydroxylation is 1. The van der Waals surface area contributed by atoms with E-state index in [4.69, 9.17) is 0 Å². The van der Waals surface area contributed by atoms with Crippen molar-refractivity contribution in [3.63, 3.8) is 0 Å². The second-order valence-electron chi connectivity index (χ2n) is 4.04. The van der Waals surface area contributed by atoms with Crippen molar-refractivity contribution in [3.05, 3.63) is 63.9 Å². The molecular weight excluding hydrogens is 276 g/mol. The average molecular weight is 291 g/mol. The first-order valence-corrected chi connectivity index (χ1v) is 6.35. The number of rotatable bonds is 3. The maximum atomic E-state index is 4.25. The first-order chi connectivity index (χ1) is 8.22. The fourth-order valence-corrected chi connectivity index (χ4v) is 2.46. The molecule has 0 aliphatic carbocycles. The molecule has 3 heteroatoms. The minimum atomic E-state index is 0.165. The molecule has 17 heavy (non-hydrogen) atoms. The van der Waals surface area contributed by atoms with Gasteiger partial charge in [0, 0.05) is 16.9 Å². The van der Waals surface area contributed by atoms with Crippen molar-refractivity contribution in [1.29, 1.82) is 0 Å². The average Bonchev–Trinajstić information content (AvgIpc) is 2.33. The fourth-order valence-electron chi connectivity index (χ4n) is 1.95. The molecule has 0 aliphatic heterocycles. The molecule has 0 saturated heterocycles. The van der Waals surface area contributed by atoms with Gasteiger partial charge < -0.3 is 5.32 Å². The maximum absolute atomic E-state index is 4.25. The van der Waals surface area contributed by atoms with Crippen LogP contribution in [0.1, 0.15) is 22.7 Å². The van der Waals surface area contributed by atoms with Gasteiger partial charge in [-0.2, -0.15) is 0 Å². The monoisotopic (exact) mass is 290 g/mol. The highest BCUT2D eigenvalue weighted by atomic mass is 79.9. The van der Waals surface area contributed by atoms with Crippen LogP contribution in [0.4, 0.5) is 0 Å². The van der Waals surface area contributed by atoms with Gasteiger partial charge in [-0.1, -0.05) is 40.2 Å². The lowest BCUT2D eigenvalue weighted by Crippen LogP contribution is -2.18. The highest BCUT2D eigenvalue weighted by Gasteiger charge is 2.14. The zero-order valence-corrected chi connectivity index (χ0v) is 11.5. The van der Waals surface area contributed by atoms with Gasteiger partial charge in [0.15, 0.2) is 0 Å². The normalized spacial score (nSPS) is 12.4. The van der Waals surface area contributed by atoms with E-state index in [9.17, 15) is 0 Å². The molecular formula is C14H15BrN2. The van der Waals surface area contributed by atoms with Crippen molar-refractivity contribution in [2.45, 2.75) is 13.0 Å². The van der Waals surface area contributed by atoms with Crippen molar-refractivity contribution in [2.24, 2.45) is 0 Å². The Morgan fingerprint density at radius 1 is 1.24 bits per heavy atom. The third-order valence-corrected chi connectivity index (χ3v) is 3.46. The second-order valence-corrected chi connectivity index (χ2v) is 4.89. The quantitative estimate of drug-likeness (QED) is 0.936. The van der Waals surface area contributed by atoms with Crippen molar-refractivity contribution in [3.8, 4) is 0 Å². The van der Waals surface area contributed by atoms with E-state index >= 15 is 0 Å². The molecule has 1 unspecified atom stereocenters. The van der Waals surface area contributed by atoms with Crippen LogP contribution in [0.3, 0.4) is 0 Å². The topological polar surface area (TPSA) is 24.9 Å². The molecule has 88 valence electrons. The third-order valence-electron chi connectivity index (χ3n) is 2.73. The highest BCUT2D eigenvalue weighted by molar-refractivity contribution is 9.10. The number of aromatic nitrogens is 1. The largest absolute Gasteiger partial charge is 0.309 e. The van der Waals surface area contributed by atoms with Crippen LogP contribution in [0.2, 0.25) is 0 Å². The van der Waals surface area contributed by atoms with Gasteiger partial charge in [0.05, 0.1) is 6.04 Å². The van der Waals surface area contributed by atoms with Crippen molar-refractivity contribution in [2.75, 3.05) is 7.05 Å². The fraction of sp³-hybridized carbons (Fsp3) is 0.214. The molecule has 0 amide bonds. The maximum Gasteiger partial charge on any atom is 0.0600 e. The van der Waals surface area contributed by atoms with Crippen LogP contribution >= 0.6 is 15.9 Å². The van der Waals surface area contributed by atoms with Gasteiger partial charge in [-0.15, -0.1) is 0 Å². The van der Waals surface area contributed by atoms with Gasteiger partial charge in [0.1, 0.15) is 0 Å². The predicted octanol–water partition coefficient (Wildman–Crippen LogP) is 3.46. The summed E-state index contributed by atoms with van der Waals surface area (Å²) in [5.41, 5.74) is 3.58. The lowest BCUT2D eigenvalue weighted by atomic mass is 9.99. The van der Waals surface area contributed by atoms with E-state index in [1.54, 1.807) is 0 Å². The molecule has 1 atom stereocenters. The Bertz CT molecular complexity index is 511. The van der Waals surface area contributed by atoms with E-state index in [1.165, 1.54) is 16.7 Å². The summed E-state index contributed by atoms with van der Waals surface area (Å²) in [6, 6.07) is 10.6. The molecule has 1 aromatic carbocycles. The van der Waals surface area contributed by atoms with Gasteiger partial charge in [-0.3, -0.25) is 4.98 Å². The lowest BCUT2D eigenvalue weighted by Gasteiger charge is -2.18. The minimum Gasteiger partial charge on any atom is -0.309 e.